The third-order valence-electron chi connectivity index (χ3n) is 8.41. The second-order valence-electron chi connectivity index (χ2n) is 11.7. The first kappa shape index (κ1) is 31.7. The van der Waals surface area contributed by atoms with Gasteiger partial charge < -0.3 is 21.3 Å². The number of rotatable bonds is 9. The molecule has 0 radical (unpaired) electrons. The van der Waals surface area contributed by atoms with Crippen molar-refractivity contribution in [3.05, 3.63) is 161 Å². The molecule has 5 aromatic rings. The van der Waals surface area contributed by atoms with Crippen molar-refractivity contribution in [2.24, 2.45) is 0 Å². The average Bonchev–Trinajstić information content (AvgIpc) is 3.62. The zero-order chi connectivity index (χ0) is 34.6. The lowest BCUT2D eigenvalue weighted by molar-refractivity contribution is -0.114. The fourth-order valence-corrected chi connectivity index (χ4v) is 5.90. The van der Waals surface area contributed by atoms with Crippen molar-refractivity contribution in [2.45, 2.75) is 19.5 Å². The molecular formula is C39H31N7O4. The fraction of sp³-hybridized carbons (Fsp3) is 0.0769. The Hall–Kier alpha value is -6.88. The van der Waals surface area contributed by atoms with E-state index in [2.05, 4.69) is 31.2 Å². The number of hydrogen-bond acceptors (Lipinski definition) is 7. The van der Waals surface area contributed by atoms with Gasteiger partial charge in [-0.25, -0.2) is 9.69 Å². The van der Waals surface area contributed by atoms with Crippen LogP contribution >= 0.6 is 0 Å². The molecule has 3 aromatic carbocycles. The van der Waals surface area contributed by atoms with Gasteiger partial charge in [0.05, 0.1) is 23.0 Å². The highest BCUT2D eigenvalue weighted by Crippen LogP contribution is 2.37. The van der Waals surface area contributed by atoms with Crippen LogP contribution in [0.3, 0.4) is 0 Å². The molecule has 1 fully saturated rings. The molecule has 0 unspecified atom stereocenters. The number of nitrogens with zero attached hydrogens (tertiary/aromatic N) is 3. The first-order chi connectivity index (χ1) is 24.4. The number of nitrogens with one attached hydrogen (secondary N) is 4. The minimum absolute atomic E-state index is 0.154. The number of fused-ring (bicyclic) bond motifs is 1. The highest BCUT2D eigenvalue weighted by Gasteiger charge is 2.35. The Balaban J connectivity index is 1.17. The number of carbonyl (C=O) groups excluding carboxylic acids is 4. The molecule has 0 bridgehead atoms. The SMILES string of the molecule is C[C@@H](NC(=O)c1ccc2c(c1)C(=C(NCc1cccc(N3C(=O)NC(=Cc4ccncc4)C3=O)c1)c1cccnc1)C(=O)N2)c1ccccc1. The van der Waals surface area contributed by atoms with Crippen LogP contribution in [0.15, 0.2) is 128 Å². The maximum atomic E-state index is 13.5. The van der Waals surface area contributed by atoms with Gasteiger partial charge in [-0.15, -0.1) is 0 Å². The van der Waals surface area contributed by atoms with Gasteiger partial charge in [0.15, 0.2) is 0 Å². The Morgan fingerprint density at radius 2 is 1.66 bits per heavy atom. The first-order valence-electron chi connectivity index (χ1n) is 15.9. The van der Waals surface area contributed by atoms with Gasteiger partial charge in [-0.3, -0.25) is 24.4 Å². The molecule has 2 aliphatic heterocycles. The summed E-state index contributed by atoms with van der Waals surface area (Å²) in [7, 11) is 0. The van der Waals surface area contributed by atoms with E-state index < -0.39 is 11.9 Å². The number of anilines is 2. The predicted molar refractivity (Wildman–Crippen MR) is 190 cm³/mol. The summed E-state index contributed by atoms with van der Waals surface area (Å²) in [5.74, 6) is -1.08. The Kier molecular flexibility index (Phi) is 8.68. The van der Waals surface area contributed by atoms with Gasteiger partial charge in [0.1, 0.15) is 5.70 Å². The zero-order valence-electron chi connectivity index (χ0n) is 26.9. The molecule has 2 aromatic heterocycles. The van der Waals surface area contributed by atoms with Gasteiger partial charge in [0.25, 0.3) is 17.7 Å². The first-order valence-corrected chi connectivity index (χ1v) is 15.9. The van der Waals surface area contributed by atoms with Crippen LogP contribution in [0.5, 0.6) is 0 Å². The van der Waals surface area contributed by atoms with Crippen molar-refractivity contribution in [1.82, 2.24) is 25.9 Å². The molecule has 1 atom stereocenters. The normalized spacial score (nSPS) is 16.1. The molecule has 11 nitrogen and oxygen atoms in total. The summed E-state index contributed by atoms with van der Waals surface area (Å²) < 4.78 is 0. The topological polar surface area (TPSA) is 145 Å². The predicted octanol–water partition coefficient (Wildman–Crippen LogP) is 5.68. The molecule has 0 aliphatic carbocycles. The second-order valence-corrected chi connectivity index (χ2v) is 11.7. The van der Waals surface area contributed by atoms with E-state index in [0.29, 0.717) is 39.3 Å². The van der Waals surface area contributed by atoms with Crippen molar-refractivity contribution in [1.29, 1.82) is 0 Å². The lowest BCUT2D eigenvalue weighted by Crippen LogP contribution is -2.30. The molecule has 246 valence electrons. The summed E-state index contributed by atoms with van der Waals surface area (Å²) in [5.41, 5.74) is 6.08. The highest BCUT2D eigenvalue weighted by molar-refractivity contribution is 6.37. The van der Waals surface area contributed by atoms with Gasteiger partial charge >= 0.3 is 6.03 Å². The Morgan fingerprint density at radius 1 is 0.840 bits per heavy atom. The van der Waals surface area contributed by atoms with Crippen LogP contribution in [0, 0.1) is 0 Å². The van der Waals surface area contributed by atoms with Gasteiger partial charge in [0, 0.05) is 53.7 Å². The molecule has 5 amide bonds. The van der Waals surface area contributed by atoms with Crippen molar-refractivity contribution >= 4 is 52.5 Å². The highest BCUT2D eigenvalue weighted by atomic mass is 16.2. The van der Waals surface area contributed by atoms with E-state index in [9.17, 15) is 19.2 Å². The number of carbonyl (C=O) groups is 4. The van der Waals surface area contributed by atoms with E-state index in [0.717, 1.165) is 21.6 Å². The molecule has 4 heterocycles. The summed E-state index contributed by atoms with van der Waals surface area (Å²) in [5, 5.41) is 12.0. The van der Waals surface area contributed by atoms with Crippen LogP contribution in [-0.4, -0.2) is 33.7 Å². The number of amides is 5. The summed E-state index contributed by atoms with van der Waals surface area (Å²) in [6.07, 6.45) is 8.11. The van der Waals surface area contributed by atoms with Gasteiger partial charge in [-0.1, -0.05) is 42.5 Å². The molecule has 0 spiro atoms. The molecule has 0 saturated carbocycles. The number of hydrogen-bond donors (Lipinski definition) is 4. The Morgan fingerprint density at radius 3 is 2.44 bits per heavy atom. The van der Waals surface area contributed by atoms with Gasteiger partial charge in [-0.05, 0) is 84.3 Å². The summed E-state index contributed by atoms with van der Waals surface area (Å²) >= 11 is 0. The number of benzene rings is 3. The van der Waals surface area contributed by atoms with E-state index in [4.69, 9.17) is 0 Å². The van der Waals surface area contributed by atoms with Crippen LogP contribution < -0.4 is 26.2 Å². The maximum absolute atomic E-state index is 13.5. The minimum atomic E-state index is -0.559. The Labute approximate surface area is 287 Å². The van der Waals surface area contributed by atoms with E-state index in [1.165, 1.54) is 0 Å². The molecular weight excluding hydrogens is 630 g/mol. The van der Waals surface area contributed by atoms with Crippen molar-refractivity contribution in [2.75, 3.05) is 10.2 Å². The standard InChI is InChI=1S/C39H31N7O4/c1-24(27-8-3-2-4-9-27)43-36(47)28-12-13-32-31(21-28)34(37(48)44-32)35(29-10-6-16-41-23-29)42-22-26-7-5-11-30(19-26)46-38(49)33(45-39(46)50)20-25-14-17-40-18-15-25/h2-21,23-24,42H,22H2,1H3,(H,43,47)(H,44,48)(H,45,50)/t24-/m1/s1. The van der Waals surface area contributed by atoms with Crippen LogP contribution in [-0.2, 0) is 16.1 Å². The van der Waals surface area contributed by atoms with Crippen molar-refractivity contribution in [3.8, 4) is 0 Å². The van der Waals surface area contributed by atoms with Crippen molar-refractivity contribution in [3.63, 3.8) is 0 Å². The Bertz CT molecular complexity index is 2180. The van der Waals surface area contributed by atoms with E-state index in [1.54, 1.807) is 85.5 Å². The largest absolute Gasteiger partial charge is 0.380 e. The summed E-state index contributed by atoms with van der Waals surface area (Å²) in [4.78, 5) is 62.4. The number of urea groups is 1. The summed E-state index contributed by atoms with van der Waals surface area (Å²) in [6.45, 7) is 2.16. The monoisotopic (exact) mass is 661 g/mol. The maximum Gasteiger partial charge on any atom is 0.333 e. The molecule has 4 N–H and O–H groups in total. The molecule has 11 heteroatoms. The van der Waals surface area contributed by atoms with Crippen LogP contribution in [0.25, 0.3) is 17.3 Å². The number of pyridine rings is 2. The summed E-state index contributed by atoms with van der Waals surface area (Å²) in [6, 6.07) is 28.1. The van der Waals surface area contributed by atoms with Crippen LogP contribution in [0.2, 0.25) is 0 Å². The van der Waals surface area contributed by atoms with Crippen LogP contribution in [0.1, 0.15) is 51.1 Å². The lowest BCUT2D eigenvalue weighted by Gasteiger charge is -2.17. The van der Waals surface area contributed by atoms with E-state index in [-0.39, 0.29) is 30.1 Å². The minimum Gasteiger partial charge on any atom is -0.380 e. The van der Waals surface area contributed by atoms with E-state index in [1.807, 2.05) is 49.4 Å². The third kappa shape index (κ3) is 6.47. The molecule has 50 heavy (non-hydrogen) atoms. The number of aromatic nitrogens is 2. The molecule has 7 rings (SSSR count). The second kappa shape index (κ2) is 13.7. The van der Waals surface area contributed by atoms with Gasteiger partial charge in [-0.2, -0.15) is 0 Å². The van der Waals surface area contributed by atoms with Crippen molar-refractivity contribution < 1.29 is 19.2 Å². The van der Waals surface area contributed by atoms with Gasteiger partial charge in [0.2, 0.25) is 0 Å². The molecule has 2 aliphatic rings. The number of imide groups is 1. The average molecular weight is 662 g/mol. The van der Waals surface area contributed by atoms with Crippen LogP contribution in [0.4, 0.5) is 16.2 Å². The zero-order valence-corrected chi connectivity index (χ0v) is 26.9. The smallest absolute Gasteiger partial charge is 0.333 e. The lowest BCUT2D eigenvalue weighted by atomic mass is 9.98. The quantitative estimate of drug-likeness (QED) is 0.118. The van der Waals surface area contributed by atoms with E-state index >= 15 is 0 Å². The fourth-order valence-electron chi connectivity index (χ4n) is 5.90. The molecule has 1 saturated heterocycles. The third-order valence-corrected chi connectivity index (χ3v) is 8.41.